The van der Waals surface area contributed by atoms with Gasteiger partial charge in [-0.05, 0) is 133 Å². The summed E-state index contributed by atoms with van der Waals surface area (Å²) in [5, 5.41) is 0. The highest BCUT2D eigenvalue weighted by atomic mass is 15.3. The second kappa shape index (κ2) is 22.0. The second-order valence-electron chi connectivity index (χ2n) is 20.9. The first-order chi connectivity index (χ1) is 43.7. The fraction of sp³-hybridized carbons (Fsp3) is 0. The topological polar surface area (TPSA) is 142 Å². The minimum Gasteiger partial charge on any atom is -0.306 e. The first kappa shape index (κ1) is 51.2. The molecule has 0 unspecified atom stereocenters. The van der Waals surface area contributed by atoms with Crippen molar-refractivity contribution in [1.82, 2.24) is 49.8 Å². The molecule has 0 saturated carbocycles. The van der Waals surface area contributed by atoms with E-state index in [4.69, 9.17) is 49.8 Å². The zero-order valence-electron chi connectivity index (χ0n) is 47.0. The lowest BCUT2D eigenvalue weighted by molar-refractivity contribution is 1.04. The number of rotatable bonds is 11. The van der Waals surface area contributed by atoms with Crippen molar-refractivity contribution in [1.29, 1.82) is 0 Å². The number of fused-ring (bicyclic) bond motifs is 4. The van der Waals surface area contributed by atoms with Crippen LogP contribution in [0.2, 0.25) is 0 Å². The summed E-state index contributed by atoms with van der Waals surface area (Å²) in [7, 11) is 0. The van der Waals surface area contributed by atoms with Crippen molar-refractivity contribution in [3.8, 4) is 80.0 Å². The van der Waals surface area contributed by atoms with E-state index in [1.54, 1.807) is 24.8 Å². The minimum atomic E-state index is 0.421. The minimum absolute atomic E-state index is 0.421. The second-order valence-corrected chi connectivity index (χ2v) is 20.9. The molecule has 14 aromatic rings. The fourth-order valence-corrected chi connectivity index (χ4v) is 11.7. The molecule has 0 aliphatic carbocycles. The largest absolute Gasteiger partial charge is 0.306 e. The Morgan fingerprint density at radius 2 is 0.443 bits per heavy atom. The van der Waals surface area contributed by atoms with Crippen LogP contribution in [0.3, 0.4) is 0 Å². The molecule has 0 N–H and O–H groups in total. The quantitative estimate of drug-likeness (QED) is 0.121. The van der Waals surface area contributed by atoms with E-state index in [9.17, 15) is 0 Å². The number of hydrogen-bond acceptors (Lipinski definition) is 14. The lowest BCUT2D eigenvalue weighted by Gasteiger charge is -2.42. The number of hydrogen-bond donors (Lipinski definition) is 0. The Balaban J connectivity index is 0.989. The molecule has 16 rings (SSSR count). The van der Waals surface area contributed by atoms with Gasteiger partial charge in [-0.1, -0.05) is 133 Å². The van der Waals surface area contributed by atoms with Gasteiger partial charge in [-0.25, -0.2) is 29.9 Å². The van der Waals surface area contributed by atoms with Gasteiger partial charge in [-0.15, -0.1) is 0 Å². The van der Waals surface area contributed by atoms with Gasteiger partial charge in [0, 0.05) is 58.4 Å². The fourth-order valence-electron chi connectivity index (χ4n) is 11.7. The molecular formula is C74H48N14. The average molecular weight is 1130 g/mol. The maximum Gasteiger partial charge on any atom is 0.182 e. The van der Waals surface area contributed by atoms with Crippen molar-refractivity contribution < 1.29 is 0 Å². The molecule has 0 amide bonds. The molecule has 0 fully saturated rings. The van der Waals surface area contributed by atoms with E-state index >= 15 is 0 Å². The average Bonchev–Trinajstić information content (AvgIpc) is 0.839. The third-order valence-electron chi connectivity index (χ3n) is 15.6. The third-order valence-corrected chi connectivity index (χ3v) is 15.6. The number of para-hydroxylation sites is 10. The highest BCUT2D eigenvalue weighted by Crippen LogP contribution is 2.59. The van der Waals surface area contributed by atoms with E-state index in [0.29, 0.717) is 57.7 Å². The number of anilines is 12. The van der Waals surface area contributed by atoms with E-state index in [-0.39, 0.29) is 0 Å². The highest BCUT2D eigenvalue weighted by Gasteiger charge is 2.36. The Bertz CT molecular complexity index is 4370. The lowest BCUT2D eigenvalue weighted by atomic mass is 9.93. The van der Waals surface area contributed by atoms with Crippen LogP contribution in [0.4, 0.5) is 68.2 Å². The summed E-state index contributed by atoms with van der Waals surface area (Å²) < 4.78 is 0. The van der Waals surface area contributed by atoms with Crippen molar-refractivity contribution in [2.75, 3.05) is 19.6 Å². The molecule has 8 heterocycles. The molecule has 14 heteroatoms. The van der Waals surface area contributed by atoms with Crippen LogP contribution < -0.4 is 19.6 Å². The van der Waals surface area contributed by atoms with Gasteiger partial charge in [0.15, 0.2) is 34.9 Å². The summed E-state index contributed by atoms with van der Waals surface area (Å²) in [6, 6.07) is 91.3. The van der Waals surface area contributed by atoms with Crippen LogP contribution in [-0.4, -0.2) is 49.8 Å². The number of pyridine rings is 4. The van der Waals surface area contributed by atoms with Gasteiger partial charge in [0.05, 0.1) is 56.9 Å². The normalized spacial score (nSPS) is 12.2. The Labute approximate surface area is 506 Å². The van der Waals surface area contributed by atoms with Gasteiger partial charge in [-0.3, -0.25) is 19.9 Å². The SMILES string of the molecule is c1ccc(N2c3ccccc3N(c3cc(-c4nc(-c5ccccn5)nc(-c5ccccn5)n4)ccc3-c3ccc(-c4nc(-c5ccccn5)nc(-c5ccccn5)n4)cc3N3c4ccccc4N(c4ccccc4)c4ccccc43)c3ccccc32)cc1. The lowest BCUT2D eigenvalue weighted by Crippen LogP contribution is -2.25. The van der Waals surface area contributed by atoms with Crippen LogP contribution in [0.25, 0.3) is 80.0 Å². The smallest absolute Gasteiger partial charge is 0.182 e. The first-order valence-electron chi connectivity index (χ1n) is 28.8. The van der Waals surface area contributed by atoms with Gasteiger partial charge in [0.25, 0.3) is 0 Å². The van der Waals surface area contributed by atoms with Crippen LogP contribution in [-0.2, 0) is 0 Å². The van der Waals surface area contributed by atoms with E-state index in [2.05, 4.69) is 214 Å². The van der Waals surface area contributed by atoms with Crippen molar-refractivity contribution >= 4 is 68.2 Å². The van der Waals surface area contributed by atoms with E-state index in [0.717, 1.165) is 90.5 Å². The Morgan fingerprint density at radius 1 is 0.193 bits per heavy atom. The molecule has 0 saturated heterocycles. The van der Waals surface area contributed by atoms with E-state index in [1.165, 1.54) is 0 Å². The Kier molecular flexibility index (Phi) is 12.8. The molecule has 2 aliphatic rings. The molecule has 6 aromatic heterocycles. The van der Waals surface area contributed by atoms with Crippen molar-refractivity contribution in [2.24, 2.45) is 0 Å². The highest BCUT2D eigenvalue weighted by molar-refractivity contribution is 6.08. The van der Waals surface area contributed by atoms with Gasteiger partial charge < -0.3 is 19.6 Å². The molecule has 14 nitrogen and oxygen atoms in total. The predicted molar refractivity (Wildman–Crippen MR) is 348 cm³/mol. The molecule has 0 spiro atoms. The van der Waals surface area contributed by atoms with E-state index < -0.39 is 0 Å². The maximum atomic E-state index is 5.22. The van der Waals surface area contributed by atoms with Crippen LogP contribution in [0.5, 0.6) is 0 Å². The van der Waals surface area contributed by atoms with Crippen molar-refractivity contribution in [3.05, 3.63) is 292 Å². The molecule has 414 valence electrons. The van der Waals surface area contributed by atoms with Crippen LogP contribution >= 0.6 is 0 Å². The van der Waals surface area contributed by atoms with Gasteiger partial charge in [-0.2, -0.15) is 0 Å². The molecule has 0 radical (unpaired) electrons. The van der Waals surface area contributed by atoms with Gasteiger partial charge in [0.1, 0.15) is 22.8 Å². The van der Waals surface area contributed by atoms with Gasteiger partial charge in [0.2, 0.25) is 0 Å². The first-order valence-corrected chi connectivity index (χ1v) is 28.8. The standard InChI is InChI=1S/C74H48N14/c1-3-23-51(24-4-1)85-59-31-7-11-35-63(59)87(64-36-12-8-32-60(64)85)67-47-49(69-79-71(55-27-15-19-43-75-55)83-72(80-69)56-28-16-20-44-76-56)39-41-53(67)54-42-40-50(70-81-73(57-29-17-21-45-77-57)84-74(82-70)58-30-18-22-46-78-58)48-68(54)88-65-37-13-9-33-61(65)86(52-25-5-2-6-26-52)62-34-10-14-38-66(62)88/h1-48H. The number of nitrogens with zero attached hydrogens (tertiary/aromatic N) is 14. The summed E-state index contributed by atoms with van der Waals surface area (Å²) in [5.74, 6) is 2.58. The molecule has 88 heavy (non-hydrogen) atoms. The molecule has 0 atom stereocenters. The summed E-state index contributed by atoms with van der Waals surface area (Å²) in [6.45, 7) is 0. The Morgan fingerprint density at radius 3 is 0.716 bits per heavy atom. The van der Waals surface area contributed by atoms with Crippen LogP contribution in [0.15, 0.2) is 292 Å². The summed E-state index contributed by atoms with van der Waals surface area (Å²) in [5.41, 5.74) is 17.3. The summed E-state index contributed by atoms with van der Waals surface area (Å²) >= 11 is 0. The monoisotopic (exact) mass is 1130 g/mol. The van der Waals surface area contributed by atoms with Crippen molar-refractivity contribution in [2.45, 2.75) is 0 Å². The predicted octanol–water partition coefficient (Wildman–Crippen LogP) is 17.8. The maximum absolute atomic E-state index is 5.22. The van der Waals surface area contributed by atoms with E-state index in [1.807, 2.05) is 72.8 Å². The van der Waals surface area contributed by atoms with Crippen LogP contribution in [0.1, 0.15) is 0 Å². The summed E-state index contributed by atoms with van der Waals surface area (Å²) in [6.07, 6.45) is 6.99. The van der Waals surface area contributed by atoms with Crippen molar-refractivity contribution in [3.63, 3.8) is 0 Å². The summed E-state index contributed by atoms with van der Waals surface area (Å²) in [4.78, 5) is 59.1. The third kappa shape index (κ3) is 9.17. The van der Waals surface area contributed by atoms with Crippen LogP contribution in [0, 0.1) is 0 Å². The van der Waals surface area contributed by atoms with Gasteiger partial charge >= 0.3 is 0 Å². The zero-order chi connectivity index (χ0) is 58.3. The zero-order valence-corrected chi connectivity index (χ0v) is 47.0. The molecule has 2 aliphatic heterocycles. The molecular weight excluding hydrogens is 1080 g/mol. The Hall–Kier alpha value is -12.4. The molecule has 0 bridgehead atoms. The number of benzene rings is 8. The molecule has 8 aromatic carbocycles. The number of aromatic nitrogens is 10.